The van der Waals surface area contributed by atoms with Gasteiger partial charge in [-0.05, 0) is 57.5 Å². The van der Waals surface area contributed by atoms with E-state index >= 15 is 0 Å². The fraction of sp³-hybridized carbons (Fsp3) is 0.857. The van der Waals surface area contributed by atoms with Gasteiger partial charge in [-0.2, -0.15) is 0 Å². The highest BCUT2D eigenvalue weighted by molar-refractivity contribution is 5.76. The van der Waals surface area contributed by atoms with E-state index in [1.165, 1.54) is 32.1 Å². The first-order chi connectivity index (χ1) is 12.6. The maximum atomic E-state index is 12.4. The molecule has 1 heterocycles. The Labute approximate surface area is 159 Å². The van der Waals surface area contributed by atoms with Crippen LogP contribution in [0.4, 0.5) is 0 Å². The van der Waals surface area contributed by atoms with Crippen molar-refractivity contribution in [2.45, 2.75) is 89.7 Å². The largest absolute Gasteiger partial charge is 0.402 e. The average molecular weight is 366 g/mol. The van der Waals surface area contributed by atoms with Gasteiger partial charge >= 0.3 is 0 Å². The number of nitrogens with one attached hydrogen (secondary N) is 1. The molecule has 1 unspecified atom stereocenters. The van der Waals surface area contributed by atoms with Crippen LogP contribution in [0.2, 0.25) is 0 Å². The topological polar surface area (TPSA) is 78.6 Å². The van der Waals surface area contributed by atoms with Crippen LogP contribution in [0.3, 0.4) is 0 Å². The van der Waals surface area contributed by atoms with Crippen LogP contribution in [0, 0.1) is 5.92 Å². The summed E-state index contributed by atoms with van der Waals surface area (Å²) in [5, 5.41) is 14.1. The summed E-state index contributed by atoms with van der Waals surface area (Å²) in [6.45, 7) is 5.10. The molecule has 0 aromatic heterocycles. The third-order valence-corrected chi connectivity index (χ3v) is 5.84. The summed E-state index contributed by atoms with van der Waals surface area (Å²) in [6, 6.07) is -0.188. The Morgan fingerprint density at radius 3 is 2.73 bits per heavy atom. The van der Waals surface area contributed by atoms with Gasteiger partial charge in [-0.1, -0.05) is 38.7 Å². The van der Waals surface area contributed by atoms with E-state index in [9.17, 15) is 9.90 Å². The molecule has 1 saturated heterocycles. The van der Waals surface area contributed by atoms with Gasteiger partial charge in [0.05, 0.1) is 12.1 Å². The molecular weight excluding hydrogens is 326 g/mol. The summed E-state index contributed by atoms with van der Waals surface area (Å²) < 4.78 is 0. The van der Waals surface area contributed by atoms with Gasteiger partial charge in [0.15, 0.2) is 0 Å². The molecule has 0 spiro atoms. The number of aliphatic hydroxyl groups is 1. The van der Waals surface area contributed by atoms with Crippen molar-refractivity contribution in [3.05, 3.63) is 11.8 Å². The van der Waals surface area contributed by atoms with Crippen molar-refractivity contribution in [3.63, 3.8) is 0 Å². The van der Waals surface area contributed by atoms with Gasteiger partial charge in [0.2, 0.25) is 5.91 Å². The highest BCUT2D eigenvalue weighted by Gasteiger charge is 2.32. The van der Waals surface area contributed by atoms with Gasteiger partial charge in [0, 0.05) is 18.7 Å². The predicted molar refractivity (Wildman–Crippen MR) is 107 cm³/mol. The lowest BCUT2D eigenvalue weighted by Gasteiger charge is -2.34. The van der Waals surface area contributed by atoms with Crippen molar-refractivity contribution in [1.29, 1.82) is 0 Å². The zero-order chi connectivity index (χ0) is 18.8. The molecule has 0 aromatic carbocycles. The summed E-state index contributed by atoms with van der Waals surface area (Å²) in [7, 11) is 0. The summed E-state index contributed by atoms with van der Waals surface area (Å²) in [4.78, 5) is 14.8. The maximum absolute atomic E-state index is 12.4. The minimum absolute atomic E-state index is 0.0871. The Balaban J connectivity index is 1.85. The van der Waals surface area contributed by atoms with Crippen LogP contribution in [-0.4, -0.2) is 47.7 Å². The molecule has 1 aliphatic heterocycles. The Morgan fingerprint density at radius 1 is 1.31 bits per heavy atom. The number of allylic oxidation sites excluding steroid dienone is 2. The molecule has 1 aliphatic carbocycles. The van der Waals surface area contributed by atoms with Gasteiger partial charge < -0.3 is 21.1 Å². The molecular formula is C21H39N3O2. The number of aliphatic hydroxyl groups excluding tert-OH is 1. The van der Waals surface area contributed by atoms with E-state index in [0.717, 1.165) is 57.4 Å². The molecule has 0 radical (unpaired) electrons. The van der Waals surface area contributed by atoms with Crippen LogP contribution < -0.4 is 11.1 Å². The molecule has 0 aromatic rings. The third-order valence-electron chi connectivity index (χ3n) is 5.84. The minimum Gasteiger partial charge on any atom is -0.402 e. The lowest BCUT2D eigenvalue weighted by molar-refractivity contribution is -0.123. The van der Waals surface area contributed by atoms with Crippen LogP contribution in [-0.2, 0) is 4.79 Å². The monoisotopic (exact) mass is 365 g/mol. The Morgan fingerprint density at radius 2 is 2.04 bits per heavy atom. The molecule has 2 aliphatic rings. The van der Waals surface area contributed by atoms with Crippen molar-refractivity contribution in [2.24, 2.45) is 11.7 Å². The third kappa shape index (κ3) is 7.28. The number of carbonyl (C=O) groups is 1. The van der Waals surface area contributed by atoms with Gasteiger partial charge in [0.1, 0.15) is 0 Å². The Hall–Kier alpha value is -1.07. The smallest absolute Gasteiger partial charge is 0.220 e. The Bertz CT molecular complexity index is 447. The second-order valence-electron chi connectivity index (χ2n) is 8.16. The van der Waals surface area contributed by atoms with Crippen molar-refractivity contribution < 1.29 is 9.90 Å². The molecule has 1 amide bonds. The zero-order valence-electron chi connectivity index (χ0n) is 16.6. The second kappa shape index (κ2) is 11.6. The number of hydrogen-bond donors (Lipinski definition) is 3. The molecule has 150 valence electrons. The number of carbonyl (C=O) groups excluding carboxylic acids is 1. The SMILES string of the molecule is CCCCCCCC(=O)N[C@H](CN1CCCC1)[C@H](O)C1CCC=C(N)C1. The fourth-order valence-electron chi connectivity index (χ4n) is 4.24. The van der Waals surface area contributed by atoms with E-state index in [0.29, 0.717) is 6.42 Å². The number of nitrogens with two attached hydrogens (primary N) is 1. The molecule has 1 fully saturated rings. The molecule has 5 heteroatoms. The van der Waals surface area contributed by atoms with Crippen LogP contribution in [0.15, 0.2) is 11.8 Å². The summed E-state index contributed by atoms with van der Waals surface area (Å²) >= 11 is 0. The average Bonchev–Trinajstić information content (AvgIpc) is 3.13. The van der Waals surface area contributed by atoms with Crippen LogP contribution in [0.5, 0.6) is 0 Å². The first-order valence-corrected chi connectivity index (χ1v) is 10.7. The molecule has 26 heavy (non-hydrogen) atoms. The Kier molecular flexibility index (Phi) is 9.48. The molecule has 3 atom stereocenters. The molecule has 0 saturated carbocycles. The van der Waals surface area contributed by atoms with Crippen LogP contribution in [0.1, 0.15) is 77.6 Å². The molecule has 2 rings (SSSR count). The van der Waals surface area contributed by atoms with Crippen LogP contribution >= 0.6 is 0 Å². The van der Waals surface area contributed by atoms with E-state index in [2.05, 4.69) is 23.2 Å². The maximum Gasteiger partial charge on any atom is 0.220 e. The zero-order valence-corrected chi connectivity index (χ0v) is 16.6. The quantitative estimate of drug-likeness (QED) is 0.492. The van der Waals surface area contributed by atoms with E-state index < -0.39 is 6.10 Å². The van der Waals surface area contributed by atoms with Gasteiger partial charge in [0.25, 0.3) is 0 Å². The highest BCUT2D eigenvalue weighted by Crippen LogP contribution is 2.26. The van der Waals surface area contributed by atoms with Crippen molar-refractivity contribution >= 4 is 5.91 Å². The van der Waals surface area contributed by atoms with Gasteiger partial charge in [-0.25, -0.2) is 0 Å². The number of amides is 1. The van der Waals surface area contributed by atoms with Gasteiger partial charge in [-0.3, -0.25) is 4.79 Å². The van der Waals surface area contributed by atoms with Gasteiger partial charge in [-0.15, -0.1) is 0 Å². The first-order valence-electron chi connectivity index (χ1n) is 10.7. The van der Waals surface area contributed by atoms with E-state index in [1.54, 1.807) is 0 Å². The normalized spacial score (nSPS) is 23.5. The molecule has 4 N–H and O–H groups in total. The summed E-state index contributed by atoms with van der Waals surface area (Å²) in [5.74, 6) is 0.238. The number of hydrogen-bond acceptors (Lipinski definition) is 4. The summed E-state index contributed by atoms with van der Waals surface area (Å²) in [6.07, 6.45) is 12.9. The number of likely N-dealkylation sites (tertiary alicyclic amines) is 1. The number of nitrogens with zero attached hydrogens (tertiary/aromatic N) is 1. The number of unbranched alkanes of at least 4 members (excludes halogenated alkanes) is 4. The fourth-order valence-corrected chi connectivity index (χ4v) is 4.24. The summed E-state index contributed by atoms with van der Waals surface area (Å²) in [5.41, 5.74) is 6.86. The van der Waals surface area contributed by atoms with Crippen molar-refractivity contribution in [1.82, 2.24) is 10.2 Å². The lowest BCUT2D eigenvalue weighted by Crippen LogP contribution is -2.52. The minimum atomic E-state index is -0.521. The van der Waals surface area contributed by atoms with Crippen molar-refractivity contribution in [2.75, 3.05) is 19.6 Å². The molecule has 5 nitrogen and oxygen atoms in total. The lowest BCUT2D eigenvalue weighted by atomic mass is 9.84. The second-order valence-corrected chi connectivity index (χ2v) is 8.16. The van der Waals surface area contributed by atoms with E-state index in [1.807, 2.05) is 0 Å². The molecule has 0 bridgehead atoms. The standard InChI is InChI=1S/C21H39N3O2/c1-2-3-4-5-6-12-20(25)23-19(16-24-13-7-8-14-24)21(26)17-10-9-11-18(22)15-17/h11,17,19,21,26H,2-10,12-16,22H2,1H3,(H,23,25)/t17?,19-,21-/m1/s1. The van der Waals surface area contributed by atoms with E-state index in [-0.39, 0.29) is 17.9 Å². The van der Waals surface area contributed by atoms with E-state index in [4.69, 9.17) is 5.73 Å². The van der Waals surface area contributed by atoms with Crippen molar-refractivity contribution in [3.8, 4) is 0 Å². The first kappa shape index (κ1) is 21.2. The highest BCUT2D eigenvalue weighted by atomic mass is 16.3. The predicted octanol–water partition coefficient (Wildman–Crippen LogP) is 2.93. The number of rotatable bonds is 11. The van der Waals surface area contributed by atoms with Crippen LogP contribution in [0.25, 0.3) is 0 Å².